The molecule has 2 aromatic carbocycles. The Morgan fingerprint density at radius 2 is 1.84 bits per heavy atom. The number of hydrogen-bond acceptors (Lipinski definition) is 4. The molecule has 168 valence electrons. The number of anilines is 2. The van der Waals surface area contributed by atoms with Crippen molar-refractivity contribution in [1.82, 2.24) is 5.32 Å². The molecule has 2 aliphatic heterocycles. The average Bonchev–Trinajstić information content (AvgIpc) is 3.15. The smallest absolute Gasteiger partial charge is 0.408 e. The highest BCUT2D eigenvalue weighted by molar-refractivity contribution is 6.07. The Morgan fingerprint density at radius 3 is 2.50 bits per heavy atom. The third-order valence-corrected chi connectivity index (χ3v) is 5.60. The first-order chi connectivity index (χ1) is 15.2. The van der Waals surface area contributed by atoms with Gasteiger partial charge in [0.15, 0.2) is 0 Å². The normalized spacial score (nSPS) is 18.5. The Hall–Kier alpha value is -3.35. The van der Waals surface area contributed by atoms with Crippen molar-refractivity contribution in [3.8, 4) is 0 Å². The number of amides is 3. The van der Waals surface area contributed by atoms with Gasteiger partial charge in [-0.25, -0.2) is 4.79 Å². The number of fused-ring (bicyclic) bond motifs is 1. The second-order valence-electron chi connectivity index (χ2n) is 9.25. The van der Waals surface area contributed by atoms with E-state index in [0.29, 0.717) is 25.9 Å². The minimum atomic E-state index is -0.745. The van der Waals surface area contributed by atoms with Crippen LogP contribution in [0.1, 0.15) is 44.7 Å². The molecule has 1 atom stereocenters. The van der Waals surface area contributed by atoms with Crippen molar-refractivity contribution >= 4 is 29.3 Å². The number of hydrogen-bond donors (Lipinski definition) is 1. The molecule has 2 aliphatic rings. The number of nitrogens with one attached hydrogen (secondary N) is 1. The highest BCUT2D eigenvalue weighted by atomic mass is 16.6. The second-order valence-corrected chi connectivity index (χ2v) is 9.25. The molecule has 0 spiro atoms. The van der Waals surface area contributed by atoms with Crippen molar-refractivity contribution in [2.75, 3.05) is 16.3 Å². The van der Waals surface area contributed by atoms with E-state index in [-0.39, 0.29) is 11.8 Å². The summed E-state index contributed by atoms with van der Waals surface area (Å²) < 4.78 is 5.38. The summed E-state index contributed by atoms with van der Waals surface area (Å²) in [6.07, 6.45) is 1.04. The van der Waals surface area contributed by atoms with Crippen LogP contribution >= 0.6 is 0 Å². The molecule has 3 amide bonds. The Kier molecular flexibility index (Phi) is 5.91. The fourth-order valence-electron chi connectivity index (χ4n) is 4.27. The Bertz CT molecular complexity index is 1030. The highest BCUT2D eigenvalue weighted by Gasteiger charge is 2.38. The maximum Gasteiger partial charge on any atom is 0.408 e. The molecule has 1 N–H and O–H groups in total. The second kappa shape index (κ2) is 8.65. The molecular formula is C25H29N3O4. The van der Waals surface area contributed by atoms with Crippen LogP contribution < -0.4 is 15.1 Å². The Balaban J connectivity index is 1.71. The molecular weight excluding hydrogens is 406 g/mol. The van der Waals surface area contributed by atoms with Crippen molar-refractivity contribution in [3.05, 3.63) is 59.7 Å². The van der Waals surface area contributed by atoms with Gasteiger partial charge in [-0.2, -0.15) is 0 Å². The zero-order chi connectivity index (χ0) is 22.9. The maximum absolute atomic E-state index is 13.6. The Morgan fingerprint density at radius 1 is 1.09 bits per heavy atom. The van der Waals surface area contributed by atoms with Gasteiger partial charge in [-0.3, -0.25) is 9.59 Å². The van der Waals surface area contributed by atoms with E-state index in [0.717, 1.165) is 28.9 Å². The van der Waals surface area contributed by atoms with Gasteiger partial charge >= 0.3 is 6.09 Å². The number of rotatable bonds is 4. The van der Waals surface area contributed by atoms with Gasteiger partial charge in [0.05, 0.1) is 17.9 Å². The molecule has 1 saturated heterocycles. The lowest BCUT2D eigenvalue weighted by Crippen LogP contribution is -2.53. The van der Waals surface area contributed by atoms with Gasteiger partial charge in [0, 0.05) is 19.4 Å². The van der Waals surface area contributed by atoms with E-state index in [1.54, 1.807) is 30.6 Å². The third-order valence-electron chi connectivity index (χ3n) is 5.60. The summed E-state index contributed by atoms with van der Waals surface area (Å²) in [6, 6.07) is 14.7. The molecule has 1 unspecified atom stereocenters. The predicted octanol–water partition coefficient (Wildman–Crippen LogP) is 3.80. The fraction of sp³-hybridized carbons (Fsp3) is 0.400. The van der Waals surface area contributed by atoms with Crippen molar-refractivity contribution < 1.29 is 19.1 Å². The van der Waals surface area contributed by atoms with E-state index < -0.39 is 17.7 Å². The van der Waals surface area contributed by atoms with Crippen LogP contribution in [-0.2, 0) is 27.3 Å². The molecule has 32 heavy (non-hydrogen) atoms. The van der Waals surface area contributed by atoms with E-state index in [2.05, 4.69) is 5.32 Å². The van der Waals surface area contributed by atoms with E-state index in [9.17, 15) is 14.4 Å². The van der Waals surface area contributed by atoms with E-state index in [1.165, 1.54) is 0 Å². The zero-order valence-electron chi connectivity index (χ0n) is 18.8. The maximum atomic E-state index is 13.6. The Labute approximate surface area is 188 Å². The summed E-state index contributed by atoms with van der Waals surface area (Å²) in [6.45, 7) is 6.34. The first-order valence-corrected chi connectivity index (χ1v) is 11.0. The van der Waals surface area contributed by atoms with Gasteiger partial charge in [-0.1, -0.05) is 42.5 Å². The van der Waals surface area contributed by atoms with Crippen molar-refractivity contribution in [2.45, 2.75) is 58.2 Å². The number of para-hydroxylation sites is 1. The summed E-state index contributed by atoms with van der Waals surface area (Å²) in [5.41, 5.74) is 2.72. The molecule has 0 saturated carbocycles. The van der Waals surface area contributed by atoms with Crippen LogP contribution in [0, 0.1) is 0 Å². The quantitative estimate of drug-likeness (QED) is 0.792. The first kappa shape index (κ1) is 21.9. The summed E-state index contributed by atoms with van der Waals surface area (Å²) in [7, 11) is 0. The average molecular weight is 436 g/mol. The van der Waals surface area contributed by atoms with Gasteiger partial charge in [0.1, 0.15) is 11.6 Å². The summed E-state index contributed by atoms with van der Waals surface area (Å²) >= 11 is 0. The first-order valence-electron chi connectivity index (χ1n) is 11.0. The number of nitrogens with zero attached hydrogens (tertiary/aromatic N) is 2. The van der Waals surface area contributed by atoms with Gasteiger partial charge in [0.25, 0.3) is 0 Å². The predicted molar refractivity (Wildman–Crippen MR) is 123 cm³/mol. The molecule has 4 rings (SSSR count). The summed E-state index contributed by atoms with van der Waals surface area (Å²) in [4.78, 5) is 42.0. The summed E-state index contributed by atoms with van der Waals surface area (Å²) in [5.74, 6) is -0.147. The zero-order valence-corrected chi connectivity index (χ0v) is 18.8. The molecule has 2 aromatic rings. The van der Waals surface area contributed by atoms with Crippen LogP contribution in [0.15, 0.2) is 48.5 Å². The minimum absolute atomic E-state index is 0.0690. The largest absolute Gasteiger partial charge is 0.444 e. The topological polar surface area (TPSA) is 79.0 Å². The molecule has 0 aliphatic carbocycles. The number of carbonyl (C=O) groups excluding carboxylic acids is 3. The summed E-state index contributed by atoms with van der Waals surface area (Å²) in [5, 5.41) is 2.75. The lowest BCUT2D eigenvalue weighted by Gasteiger charge is -2.37. The number of carbonyl (C=O) groups is 3. The van der Waals surface area contributed by atoms with Gasteiger partial charge in [-0.15, -0.1) is 0 Å². The van der Waals surface area contributed by atoms with Crippen LogP contribution in [0.5, 0.6) is 0 Å². The van der Waals surface area contributed by atoms with E-state index in [4.69, 9.17) is 4.74 Å². The van der Waals surface area contributed by atoms with Crippen LogP contribution in [0.2, 0.25) is 0 Å². The highest BCUT2D eigenvalue weighted by Crippen LogP contribution is 2.40. The SMILES string of the molecule is CC(C)(C)OC(=O)NC1Cc2cccc(N3CCCC3=O)c2N(Cc2ccccc2)C1=O. The lowest BCUT2D eigenvalue weighted by atomic mass is 9.95. The van der Waals surface area contributed by atoms with Crippen LogP contribution in [0.3, 0.4) is 0 Å². The number of benzene rings is 2. The van der Waals surface area contributed by atoms with Crippen molar-refractivity contribution in [2.24, 2.45) is 0 Å². The van der Waals surface area contributed by atoms with Gasteiger partial charge < -0.3 is 19.9 Å². The van der Waals surface area contributed by atoms with Gasteiger partial charge in [0.2, 0.25) is 11.8 Å². The van der Waals surface area contributed by atoms with E-state index in [1.807, 2.05) is 48.5 Å². The van der Waals surface area contributed by atoms with Crippen LogP contribution in [0.4, 0.5) is 16.2 Å². The van der Waals surface area contributed by atoms with E-state index >= 15 is 0 Å². The van der Waals surface area contributed by atoms with Crippen molar-refractivity contribution in [3.63, 3.8) is 0 Å². The number of ether oxygens (including phenoxy) is 1. The number of alkyl carbamates (subject to hydrolysis) is 1. The molecule has 0 bridgehead atoms. The molecule has 2 heterocycles. The van der Waals surface area contributed by atoms with Gasteiger partial charge in [-0.05, 0) is 44.4 Å². The minimum Gasteiger partial charge on any atom is -0.444 e. The molecule has 7 nitrogen and oxygen atoms in total. The standard InChI is InChI=1S/C25H29N3O4/c1-25(2,3)32-24(31)26-19-15-18-11-7-12-20(27-14-8-13-21(27)29)22(18)28(23(19)30)16-17-9-5-4-6-10-17/h4-7,9-12,19H,8,13-16H2,1-3H3,(H,26,31). The molecule has 0 aromatic heterocycles. The monoisotopic (exact) mass is 435 g/mol. The molecule has 7 heteroatoms. The fourth-order valence-corrected chi connectivity index (χ4v) is 4.27. The van der Waals surface area contributed by atoms with Crippen LogP contribution in [-0.4, -0.2) is 36.1 Å². The van der Waals surface area contributed by atoms with Crippen LogP contribution in [0.25, 0.3) is 0 Å². The van der Waals surface area contributed by atoms with Crippen molar-refractivity contribution in [1.29, 1.82) is 0 Å². The third kappa shape index (κ3) is 4.61. The lowest BCUT2D eigenvalue weighted by molar-refractivity contribution is -0.121. The molecule has 0 radical (unpaired) electrons. The molecule has 1 fully saturated rings.